The fraction of sp³-hybridized carbons (Fsp3) is 0.185. The van der Waals surface area contributed by atoms with Crippen molar-refractivity contribution in [3.05, 3.63) is 94.9 Å². The van der Waals surface area contributed by atoms with Gasteiger partial charge in [-0.2, -0.15) is 5.10 Å². The van der Waals surface area contributed by atoms with Crippen molar-refractivity contribution in [3.8, 4) is 11.3 Å². The molecule has 1 atom stereocenters. The predicted molar refractivity (Wildman–Crippen MR) is 125 cm³/mol. The highest BCUT2D eigenvalue weighted by Gasteiger charge is 2.36. The van der Waals surface area contributed by atoms with Crippen LogP contribution >= 0.6 is 0 Å². The maximum Gasteiger partial charge on any atom is 0.329 e. The van der Waals surface area contributed by atoms with Gasteiger partial charge in [-0.1, -0.05) is 42.5 Å². The van der Waals surface area contributed by atoms with Crippen molar-refractivity contribution >= 4 is 23.6 Å². The van der Waals surface area contributed by atoms with Gasteiger partial charge in [0.25, 0.3) is 0 Å². The van der Waals surface area contributed by atoms with Crippen LogP contribution in [0.2, 0.25) is 0 Å². The smallest absolute Gasteiger partial charge is 0.329 e. The van der Waals surface area contributed by atoms with E-state index in [1.807, 2.05) is 67.2 Å². The lowest BCUT2D eigenvalue weighted by atomic mass is 9.95. The molecular weight excluding hydrogens is 416 g/mol. The zero-order valence-electron chi connectivity index (χ0n) is 18.7. The molecule has 0 fully saturated rings. The maximum absolute atomic E-state index is 12.7. The number of carbonyl (C=O) groups is 3. The van der Waals surface area contributed by atoms with Crippen molar-refractivity contribution < 1.29 is 19.1 Å². The van der Waals surface area contributed by atoms with Crippen LogP contribution in [0.25, 0.3) is 17.3 Å². The van der Waals surface area contributed by atoms with Gasteiger partial charge in [-0.05, 0) is 55.7 Å². The molecule has 0 aliphatic carbocycles. The summed E-state index contributed by atoms with van der Waals surface area (Å²) in [6.45, 7) is 6.15. The van der Waals surface area contributed by atoms with Crippen LogP contribution in [0.4, 0.5) is 0 Å². The summed E-state index contributed by atoms with van der Waals surface area (Å²) in [4.78, 5) is 36.9. The fourth-order valence-corrected chi connectivity index (χ4v) is 3.69. The van der Waals surface area contributed by atoms with E-state index < -0.39 is 23.5 Å². The minimum Gasteiger partial charge on any atom is -0.430 e. The minimum absolute atomic E-state index is 0.192. The van der Waals surface area contributed by atoms with E-state index in [2.05, 4.69) is 6.07 Å². The van der Waals surface area contributed by atoms with Gasteiger partial charge in [-0.25, -0.2) is 0 Å². The Morgan fingerprint density at radius 3 is 2.52 bits per heavy atom. The second-order valence-corrected chi connectivity index (χ2v) is 8.16. The first-order valence-corrected chi connectivity index (χ1v) is 10.7. The molecule has 1 aromatic heterocycles. The summed E-state index contributed by atoms with van der Waals surface area (Å²) in [6, 6.07) is 16.0. The van der Waals surface area contributed by atoms with Crippen molar-refractivity contribution in [2.24, 2.45) is 5.92 Å². The summed E-state index contributed by atoms with van der Waals surface area (Å²) < 4.78 is 6.78. The quantitative estimate of drug-likeness (QED) is 0.322. The van der Waals surface area contributed by atoms with Gasteiger partial charge in [0.05, 0.1) is 12.2 Å². The van der Waals surface area contributed by atoms with Crippen molar-refractivity contribution in [1.29, 1.82) is 0 Å². The average molecular weight is 440 g/mol. The second-order valence-electron chi connectivity index (χ2n) is 8.16. The van der Waals surface area contributed by atoms with Gasteiger partial charge in [0, 0.05) is 23.4 Å². The number of ketones is 2. The van der Waals surface area contributed by atoms with E-state index in [1.54, 1.807) is 6.08 Å². The number of benzene rings is 2. The van der Waals surface area contributed by atoms with Gasteiger partial charge in [0.2, 0.25) is 0 Å². The SMILES string of the molecule is CC1=CC(=O)C(C(=O)/C=C/c2cn(Cc3ccccc3)nc2-c2ccc(C)c(C)c2)C(=O)O1. The number of hydrogen-bond acceptors (Lipinski definition) is 5. The fourth-order valence-electron chi connectivity index (χ4n) is 3.69. The van der Waals surface area contributed by atoms with E-state index in [4.69, 9.17) is 9.84 Å². The Morgan fingerprint density at radius 2 is 1.82 bits per heavy atom. The summed E-state index contributed by atoms with van der Waals surface area (Å²) in [5.74, 6) is -3.29. The molecule has 0 saturated heterocycles. The van der Waals surface area contributed by atoms with E-state index >= 15 is 0 Å². The molecule has 1 aliphatic heterocycles. The molecule has 1 unspecified atom stereocenters. The van der Waals surface area contributed by atoms with E-state index in [0.29, 0.717) is 17.8 Å². The Hall–Kier alpha value is -4.06. The molecule has 0 N–H and O–H groups in total. The molecular formula is C27H24N2O4. The van der Waals surface area contributed by atoms with E-state index in [1.165, 1.54) is 24.6 Å². The number of esters is 1. The zero-order valence-corrected chi connectivity index (χ0v) is 18.7. The summed E-state index contributed by atoms with van der Waals surface area (Å²) >= 11 is 0. The van der Waals surface area contributed by atoms with E-state index in [0.717, 1.165) is 16.7 Å². The number of hydrogen-bond donors (Lipinski definition) is 0. The molecule has 2 heterocycles. The van der Waals surface area contributed by atoms with Crippen LogP contribution < -0.4 is 0 Å². The lowest BCUT2D eigenvalue weighted by Gasteiger charge is -2.15. The summed E-state index contributed by atoms with van der Waals surface area (Å²) in [6.07, 6.45) is 5.89. The highest BCUT2D eigenvalue weighted by Crippen LogP contribution is 2.26. The normalized spacial score (nSPS) is 16.1. The largest absolute Gasteiger partial charge is 0.430 e. The van der Waals surface area contributed by atoms with Crippen molar-refractivity contribution in [2.75, 3.05) is 0 Å². The lowest BCUT2D eigenvalue weighted by molar-refractivity contribution is -0.151. The summed E-state index contributed by atoms with van der Waals surface area (Å²) in [5.41, 5.74) is 5.75. The number of nitrogens with zero attached hydrogens (tertiary/aromatic N) is 2. The molecule has 0 amide bonds. The Kier molecular flexibility index (Phi) is 6.18. The third-order valence-corrected chi connectivity index (χ3v) is 5.60. The van der Waals surface area contributed by atoms with Gasteiger partial charge >= 0.3 is 5.97 Å². The average Bonchev–Trinajstić information content (AvgIpc) is 3.16. The van der Waals surface area contributed by atoms with Crippen LogP contribution in [0.3, 0.4) is 0 Å². The molecule has 0 radical (unpaired) electrons. The molecule has 4 rings (SSSR count). The number of rotatable bonds is 6. The number of ether oxygens (including phenoxy) is 1. The predicted octanol–water partition coefficient (Wildman–Crippen LogP) is 4.44. The third-order valence-electron chi connectivity index (χ3n) is 5.60. The first-order valence-electron chi connectivity index (χ1n) is 10.7. The number of carbonyl (C=O) groups excluding carboxylic acids is 3. The second kappa shape index (κ2) is 9.20. The molecule has 6 heteroatoms. The topological polar surface area (TPSA) is 78.3 Å². The first kappa shape index (κ1) is 22.1. The lowest BCUT2D eigenvalue weighted by Crippen LogP contribution is -2.34. The van der Waals surface area contributed by atoms with Crippen molar-refractivity contribution in [3.63, 3.8) is 0 Å². The van der Waals surface area contributed by atoms with Gasteiger partial charge < -0.3 is 4.74 Å². The summed E-state index contributed by atoms with van der Waals surface area (Å²) in [5, 5.41) is 4.76. The molecule has 0 bridgehead atoms. The molecule has 3 aromatic rings. The van der Waals surface area contributed by atoms with Crippen LogP contribution in [0.15, 0.2) is 72.6 Å². The van der Waals surface area contributed by atoms with Crippen LogP contribution in [-0.2, 0) is 25.7 Å². The Bertz CT molecular complexity index is 1300. The van der Waals surface area contributed by atoms with E-state index in [9.17, 15) is 14.4 Å². The zero-order chi connectivity index (χ0) is 23.5. The maximum atomic E-state index is 12.7. The molecule has 0 saturated carbocycles. The van der Waals surface area contributed by atoms with Crippen LogP contribution in [0.1, 0.15) is 29.2 Å². The number of cyclic esters (lactones) is 1. The van der Waals surface area contributed by atoms with Gasteiger partial charge in [0.15, 0.2) is 17.5 Å². The van der Waals surface area contributed by atoms with Crippen LogP contribution in [-0.4, -0.2) is 27.3 Å². The molecule has 33 heavy (non-hydrogen) atoms. The molecule has 1 aliphatic rings. The highest BCUT2D eigenvalue weighted by molar-refractivity contribution is 6.25. The Balaban J connectivity index is 1.68. The number of aryl methyl sites for hydroxylation is 2. The summed E-state index contributed by atoms with van der Waals surface area (Å²) in [7, 11) is 0. The van der Waals surface area contributed by atoms with Gasteiger partial charge in [0.1, 0.15) is 5.76 Å². The van der Waals surface area contributed by atoms with Gasteiger partial charge in [-0.15, -0.1) is 0 Å². The Labute approximate surface area is 192 Å². The first-order chi connectivity index (χ1) is 15.8. The monoisotopic (exact) mass is 440 g/mol. The molecule has 6 nitrogen and oxygen atoms in total. The minimum atomic E-state index is -1.46. The Morgan fingerprint density at radius 1 is 1.06 bits per heavy atom. The standard InChI is InChI=1S/C27H24N2O4/c1-17-9-10-21(13-18(17)2)26-22(16-29(28-26)15-20-7-5-4-6-8-20)11-12-23(30)25-24(31)14-19(3)33-27(25)32/h4-14,16,25H,15H2,1-3H3/b12-11+. The molecule has 0 spiro atoms. The van der Waals surface area contributed by atoms with Crippen LogP contribution in [0.5, 0.6) is 0 Å². The van der Waals surface area contributed by atoms with Crippen molar-refractivity contribution in [1.82, 2.24) is 9.78 Å². The van der Waals surface area contributed by atoms with Crippen molar-refractivity contribution in [2.45, 2.75) is 27.3 Å². The van der Waals surface area contributed by atoms with Crippen LogP contribution in [0, 0.1) is 19.8 Å². The van der Waals surface area contributed by atoms with E-state index in [-0.39, 0.29) is 5.76 Å². The van der Waals surface area contributed by atoms with Gasteiger partial charge in [-0.3, -0.25) is 19.1 Å². The highest BCUT2D eigenvalue weighted by atomic mass is 16.5. The molecule has 2 aromatic carbocycles. The number of allylic oxidation sites excluding steroid dienone is 3. The third kappa shape index (κ3) is 4.90. The molecule has 166 valence electrons. The number of aromatic nitrogens is 2.